The van der Waals surface area contributed by atoms with Gasteiger partial charge >= 0.3 is 0 Å². The molecule has 0 bridgehead atoms. The van der Waals surface area contributed by atoms with Crippen LogP contribution in [0.1, 0.15) is 20.8 Å². The van der Waals surface area contributed by atoms with E-state index in [9.17, 15) is 9.90 Å². The van der Waals surface area contributed by atoms with Gasteiger partial charge in [-0.1, -0.05) is 6.07 Å². The number of nitrogens with one attached hydrogen (secondary N) is 1. The molecule has 0 aliphatic carbocycles. The fraction of sp³-hybridized carbons (Fsp3) is 0.500. The van der Waals surface area contributed by atoms with Crippen LogP contribution < -0.4 is 11.1 Å². The van der Waals surface area contributed by atoms with Gasteiger partial charge in [-0.25, -0.2) is 0 Å². The molecule has 4 N–H and O–H groups in total. The van der Waals surface area contributed by atoms with E-state index in [1.165, 1.54) is 0 Å². The van der Waals surface area contributed by atoms with Gasteiger partial charge in [-0.2, -0.15) is 0 Å². The van der Waals surface area contributed by atoms with Crippen molar-refractivity contribution in [2.45, 2.75) is 32.4 Å². The highest BCUT2D eigenvalue weighted by atomic mass is 16.3. The van der Waals surface area contributed by atoms with E-state index in [4.69, 9.17) is 5.73 Å². The normalized spacial score (nSPS) is 13.4. The zero-order chi connectivity index (χ0) is 14.6. The molecule has 0 aromatic heterocycles. The molecule has 1 aromatic rings. The Morgan fingerprint density at radius 3 is 2.68 bits per heavy atom. The van der Waals surface area contributed by atoms with Gasteiger partial charge in [0, 0.05) is 16.9 Å². The van der Waals surface area contributed by atoms with Crippen LogP contribution in [-0.2, 0) is 4.79 Å². The average molecular weight is 265 g/mol. The Hall–Kier alpha value is -1.59. The number of nitrogen functional groups attached to an aromatic ring is 1. The van der Waals surface area contributed by atoms with Gasteiger partial charge in [0.05, 0.1) is 12.6 Å². The molecule has 1 rings (SSSR count). The van der Waals surface area contributed by atoms with Crippen molar-refractivity contribution < 1.29 is 9.90 Å². The van der Waals surface area contributed by atoms with Crippen molar-refractivity contribution in [2.75, 3.05) is 24.7 Å². The first-order chi connectivity index (χ1) is 8.77. The molecule has 0 radical (unpaired) electrons. The minimum atomic E-state index is -0.452. The molecule has 0 heterocycles. The van der Waals surface area contributed by atoms with Crippen molar-refractivity contribution in [2.24, 2.45) is 0 Å². The van der Waals surface area contributed by atoms with Gasteiger partial charge < -0.3 is 16.2 Å². The second kappa shape index (κ2) is 6.04. The van der Waals surface area contributed by atoms with Crippen molar-refractivity contribution in [3.05, 3.63) is 24.3 Å². The summed E-state index contributed by atoms with van der Waals surface area (Å²) in [7, 11) is 1.82. The van der Waals surface area contributed by atoms with Crippen molar-refractivity contribution in [1.82, 2.24) is 4.90 Å². The summed E-state index contributed by atoms with van der Waals surface area (Å²) in [5.74, 6) is -0.130. The molecule has 106 valence electrons. The molecule has 5 nitrogen and oxygen atoms in total. The molecular formula is C14H23N3O2. The topological polar surface area (TPSA) is 78.6 Å². The fourth-order valence-corrected chi connectivity index (χ4v) is 1.67. The second-order valence-corrected chi connectivity index (χ2v) is 5.37. The smallest absolute Gasteiger partial charge is 0.241 e. The molecule has 1 unspecified atom stereocenters. The van der Waals surface area contributed by atoms with E-state index in [2.05, 4.69) is 5.32 Å². The van der Waals surface area contributed by atoms with E-state index < -0.39 is 5.54 Å². The van der Waals surface area contributed by atoms with Crippen molar-refractivity contribution in [3.63, 3.8) is 0 Å². The van der Waals surface area contributed by atoms with Crippen molar-refractivity contribution in [3.8, 4) is 0 Å². The number of carbonyl (C=O) groups excluding carboxylic acids is 1. The second-order valence-electron chi connectivity index (χ2n) is 5.37. The third-order valence-electron chi connectivity index (χ3n) is 3.46. The monoisotopic (exact) mass is 265 g/mol. The van der Waals surface area contributed by atoms with Gasteiger partial charge in [-0.05, 0) is 46.0 Å². The van der Waals surface area contributed by atoms with E-state index in [-0.39, 0.29) is 18.6 Å². The molecule has 1 aromatic carbocycles. The largest absolute Gasteiger partial charge is 0.399 e. The van der Waals surface area contributed by atoms with Gasteiger partial charge in [0.2, 0.25) is 5.91 Å². The predicted octanol–water partition coefficient (Wildman–Crippen LogP) is 1.30. The summed E-state index contributed by atoms with van der Waals surface area (Å²) in [5.41, 5.74) is 6.49. The molecule has 0 aliphatic heterocycles. The zero-order valence-electron chi connectivity index (χ0n) is 12.0. The molecule has 0 fully saturated rings. The Balaban J connectivity index is 2.73. The maximum Gasteiger partial charge on any atom is 0.241 e. The maximum atomic E-state index is 12.2. The third kappa shape index (κ3) is 3.94. The molecule has 0 saturated heterocycles. The van der Waals surface area contributed by atoms with Crippen LogP contribution in [0, 0.1) is 0 Å². The first kappa shape index (κ1) is 15.5. The Morgan fingerprint density at radius 2 is 2.16 bits per heavy atom. The first-order valence-electron chi connectivity index (χ1n) is 6.28. The molecule has 0 spiro atoms. The van der Waals surface area contributed by atoms with Gasteiger partial charge in [0.1, 0.15) is 0 Å². The summed E-state index contributed by atoms with van der Waals surface area (Å²) in [5, 5.41) is 12.1. The number of nitrogens with two attached hydrogens (primary N) is 1. The van der Waals surface area contributed by atoms with Crippen LogP contribution in [-0.4, -0.2) is 41.1 Å². The number of carbonyl (C=O) groups is 1. The molecule has 19 heavy (non-hydrogen) atoms. The lowest BCUT2D eigenvalue weighted by Crippen LogP contribution is -2.52. The molecule has 1 amide bonds. The molecule has 1 atom stereocenters. The third-order valence-corrected chi connectivity index (χ3v) is 3.46. The average Bonchev–Trinajstić information content (AvgIpc) is 2.36. The highest BCUT2D eigenvalue weighted by Crippen LogP contribution is 2.17. The number of likely N-dealkylation sites (N-methyl/N-ethyl adjacent to an activating group) is 1. The summed E-state index contributed by atoms with van der Waals surface area (Å²) in [6.07, 6.45) is 0. The number of aliphatic hydroxyl groups is 1. The lowest BCUT2D eigenvalue weighted by Gasteiger charge is -2.37. The Kier molecular flexibility index (Phi) is 4.91. The van der Waals surface area contributed by atoms with Gasteiger partial charge in [-0.15, -0.1) is 0 Å². The van der Waals surface area contributed by atoms with E-state index in [0.29, 0.717) is 11.4 Å². The van der Waals surface area contributed by atoms with Crippen molar-refractivity contribution in [1.29, 1.82) is 0 Å². The van der Waals surface area contributed by atoms with E-state index in [0.717, 1.165) is 0 Å². The molecule has 5 heteroatoms. The van der Waals surface area contributed by atoms with Crippen molar-refractivity contribution >= 4 is 17.3 Å². The summed E-state index contributed by atoms with van der Waals surface area (Å²) in [6, 6.07) is 6.69. The number of hydrogen-bond acceptors (Lipinski definition) is 4. The Morgan fingerprint density at radius 1 is 1.53 bits per heavy atom. The summed E-state index contributed by atoms with van der Waals surface area (Å²) < 4.78 is 0. The van der Waals surface area contributed by atoms with Crippen LogP contribution in [0.3, 0.4) is 0 Å². The minimum absolute atomic E-state index is 0.0145. The number of nitrogens with zero attached hydrogens (tertiary/aromatic N) is 1. The molecular weight excluding hydrogens is 242 g/mol. The van der Waals surface area contributed by atoms with Gasteiger partial charge in [0.15, 0.2) is 0 Å². The number of hydrogen-bond donors (Lipinski definition) is 3. The Labute approximate surface area is 114 Å². The predicted molar refractivity (Wildman–Crippen MR) is 77.9 cm³/mol. The lowest BCUT2D eigenvalue weighted by atomic mass is 10.0. The van der Waals surface area contributed by atoms with E-state index in [1.807, 2.05) is 25.8 Å². The maximum absolute atomic E-state index is 12.2. The van der Waals surface area contributed by atoms with E-state index >= 15 is 0 Å². The standard InChI is InChI=1S/C14H23N3O2/c1-10(17(4)14(2,3)9-18)13(19)16-12-7-5-6-11(15)8-12/h5-8,10,18H,9,15H2,1-4H3,(H,16,19). The van der Waals surface area contributed by atoms with Crippen LogP contribution in [0.15, 0.2) is 24.3 Å². The number of amides is 1. The molecule has 0 saturated carbocycles. The lowest BCUT2D eigenvalue weighted by molar-refractivity contribution is -0.122. The van der Waals surface area contributed by atoms with Crippen LogP contribution in [0.25, 0.3) is 0 Å². The number of benzene rings is 1. The van der Waals surface area contributed by atoms with Crippen LogP contribution in [0.2, 0.25) is 0 Å². The molecule has 0 aliphatic rings. The Bertz CT molecular complexity index is 446. The highest BCUT2D eigenvalue weighted by Gasteiger charge is 2.30. The summed E-state index contributed by atoms with van der Waals surface area (Å²) in [6.45, 7) is 5.56. The van der Waals surface area contributed by atoms with Crippen LogP contribution in [0.5, 0.6) is 0 Å². The quantitative estimate of drug-likeness (QED) is 0.701. The number of rotatable bonds is 5. The fourth-order valence-electron chi connectivity index (χ4n) is 1.67. The van der Waals surface area contributed by atoms with Crippen LogP contribution >= 0.6 is 0 Å². The minimum Gasteiger partial charge on any atom is -0.399 e. The van der Waals surface area contributed by atoms with Crippen LogP contribution in [0.4, 0.5) is 11.4 Å². The SMILES string of the molecule is CC(C(=O)Nc1cccc(N)c1)N(C)C(C)(C)CO. The first-order valence-corrected chi connectivity index (χ1v) is 6.28. The number of anilines is 2. The number of aliphatic hydroxyl groups excluding tert-OH is 1. The van der Waals surface area contributed by atoms with E-state index in [1.54, 1.807) is 31.2 Å². The van der Waals surface area contributed by atoms with Gasteiger partial charge in [-0.3, -0.25) is 9.69 Å². The zero-order valence-corrected chi connectivity index (χ0v) is 12.0. The summed E-state index contributed by atoms with van der Waals surface area (Å²) >= 11 is 0. The van der Waals surface area contributed by atoms with Gasteiger partial charge in [0.25, 0.3) is 0 Å². The highest BCUT2D eigenvalue weighted by molar-refractivity contribution is 5.94. The summed E-state index contributed by atoms with van der Waals surface area (Å²) in [4.78, 5) is 14.0.